The molecule has 0 aromatic heterocycles. The van der Waals surface area contributed by atoms with E-state index in [1.54, 1.807) is 17.0 Å². The van der Waals surface area contributed by atoms with E-state index in [0.29, 0.717) is 13.1 Å². The molecule has 0 radical (unpaired) electrons. The number of alkyl halides is 3. The number of carbonyl (C=O) groups is 1. The zero-order valence-corrected chi connectivity index (χ0v) is 21.6. The quantitative estimate of drug-likeness (QED) is 0.584. The van der Waals surface area contributed by atoms with Crippen LogP contribution < -0.4 is 15.0 Å². The van der Waals surface area contributed by atoms with Gasteiger partial charge in [0.05, 0.1) is 0 Å². The van der Waals surface area contributed by atoms with Crippen molar-refractivity contribution >= 4 is 11.6 Å². The first-order valence-corrected chi connectivity index (χ1v) is 12.5. The number of ether oxygens (including phenoxy) is 1. The Hall–Kier alpha value is -2.78. The topological polar surface area (TPSA) is 48.1 Å². The number of nitrogens with one attached hydrogen (secondary N) is 1. The molecule has 1 saturated heterocycles. The first-order chi connectivity index (χ1) is 17.1. The fourth-order valence-electron chi connectivity index (χ4n) is 4.58. The third kappa shape index (κ3) is 7.36. The molecule has 9 heteroatoms. The highest BCUT2D eigenvalue weighted by molar-refractivity contribution is 6.00. The van der Waals surface area contributed by atoms with Gasteiger partial charge in [-0.3, -0.25) is 9.69 Å². The summed E-state index contributed by atoms with van der Waals surface area (Å²) in [7, 11) is 1.93. The van der Waals surface area contributed by atoms with Crippen molar-refractivity contribution < 1.29 is 22.7 Å². The van der Waals surface area contributed by atoms with Crippen LogP contribution in [0.3, 0.4) is 0 Å². The number of fused-ring (bicyclic) bond motifs is 1. The summed E-state index contributed by atoms with van der Waals surface area (Å²) in [5.41, 5.74) is 4.63. The van der Waals surface area contributed by atoms with Gasteiger partial charge in [-0.2, -0.15) is 0 Å². The molecule has 2 aromatic rings. The van der Waals surface area contributed by atoms with Crippen LogP contribution in [0.1, 0.15) is 47.3 Å². The molecule has 6 nitrogen and oxygen atoms in total. The maximum atomic E-state index is 13.0. The summed E-state index contributed by atoms with van der Waals surface area (Å²) in [5, 5.41) is 2.93. The number of hydrogen-bond donors (Lipinski definition) is 1. The fourth-order valence-corrected chi connectivity index (χ4v) is 4.58. The maximum absolute atomic E-state index is 13.0. The lowest BCUT2D eigenvalue weighted by atomic mass is 10.0. The van der Waals surface area contributed by atoms with Crippen LogP contribution in [0.25, 0.3) is 0 Å². The highest BCUT2D eigenvalue weighted by Crippen LogP contribution is 2.32. The van der Waals surface area contributed by atoms with E-state index >= 15 is 0 Å². The highest BCUT2D eigenvalue weighted by Gasteiger charge is 2.32. The summed E-state index contributed by atoms with van der Waals surface area (Å²) in [5.74, 6) is -0.302. The van der Waals surface area contributed by atoms with Gasteiger partial charge in [-0.1, -0.05) is 26.0 Å². The predicted molar refractivity (Wildman–Crippen MR) is 136 cm³/mol. The number of halogens is 3. The van der Waals surface area contributed by atoms with E-state index in [4.69, 9.17) is 0 Å². The van der Waals surface area contributed by atoms with Gasteiger partial charge in [-0.05, 0) is 74.4 Å². The lowest BCUT2D eigenvalue weighted by molar-refractivity contribution is -0.274. The summed E-state index contributed by atoms with van der Waals surface area (Å²) < 4.78 is 41.0. The summed E-state index contributed by atoms with van der Waals surface area (Å²) in [6.07, 6.45) is -3.56. The molecule has 0 spiro atoms. The van der Waals surface area contributed by atoms with Crippen molar-refractivity contribution in [3.8, 4) is 5.75 Å². The zero-order chi connectivity index (χ0) is 26.3. The number of aryl methyl sites for hydroxylation is 1. The lowest BCUT2D eigenvalue weighted by Gasteiger charge is -2.36. The van der Waals surface area contributed by atoms with Gasteiger partial charge in [0.15, 0.2) is 0 Å². The van der Waals surface area contributed by atoms with Crippen LogP contribution >= 0.6 is 0 Å². The Labute approximate surface area is 212 Å². The zero-order valence-electron chi connectivity index (χ0n) is 21.6. The van der Waals surface area contributed by atoms with E-state index in [1.165, 1.54) is 12.1 Å². The summed E-state index contributed by atoms with van der Waals surface area (Å²) in [6.45, 7) is 13.3. The molecule has 1 amide bonds. The molecule has 0 unspecified atom stereocenters. The van der Waals surface area contributed by atoms with Crippen molar-refractivity contribution in [2.24, 2.45) is 0 Å². The number of carbonyl (C=O) groups excluding carboxylic acids is 1. The van der Waals surface area contributed by atoms with Crippen LogP contribution in [0.2, 0.25) is 0 Å². The van der Waals surface area contributed by atoms with Gasteiger partial charge < -0.3 is 19.9 Å². The molecule has 36 heavy (non-hydrogen) atoms. The number of hydrogen-bond acceptors (Lipinski definition) is 5. The molecule has 0 aliphatic carbocycles. The predicted octanol–water partition coefficient (Wildman–Crippen LogP) is 4.81. The normalized spacial score (nSPS) is 16.0. The minimum Gasteiger partial charge on any atom is -0.406 e. The Morgan fingerprint density at radius 2 is 1.67 bits per heavy atom. The van der Waals surface area contributed by atoms with Gasteiger partial charge in [-0.15, -0.1) is 13.2 Å². The second kappa shape index (κ2) is 12.5. The van der Waals surface area contributed by atoms with Crippen LogP contribution in [0.4, 0.5) is 18.9 Å². The van der Waals surface area contributed by atoms with E-state index in [-0.39, 0.29) is 11.7 Å². The minimum atomic E-state index is -4.72. The first kappa shape index (κ1) is 27.8. The number of amides is 1. The number of nitrogens with zero attached hydrogens (tertiary/aromatic N) is 3. The third-order valence-electron chi connectivity index (χ3n) is 6.43. The average molecular weight is 507 g/mol. The van der Waals surface area contributed by atoms with Crippen LogP contribution in [0, 0.1) is 6.92 Å². The van der Waals surface area contributed by atoms with Crippen molar-refractivity contribution in [3.63, 3.8) is 0 Å². The number of anilines is 1. The molecular formula is C27H37F3N4O2. The monoisotopic (exact) mass is 506 g/mol. The lowest BCUT2D eigenvalue weighted by Crippen LogP contribution is -2.46. The Bertz CT molecular complexity index is 1000. The number of benzene rings is 2. The molecule has 2 heterocycles. The van der Waals surface area contributed by atoms with Gasteiger partial charge in [0.25, 0.3) is 5.91 Å². The third-order valence-corrected chi connectivity index (χ3v) is 6.43. The van der Waals surface area contributed by atoms with E-state index in [9.17, 15) is 18.0 Å². The maximum Gasteiger partial charge on any atom is 0.573 e. The van der Waals surface area contributed by atoms with E-state index in [2.05, 4.69) is 45.8 Å². The van der Waals surface area contributed by atoms with Crippen molar-refractivity contribution in [3.05, 3.63) is 58.7 Å². The molecular weight excluding hydrogens is 469 g/mol. The van der Waals surface area contributed by atoms with Crippen molar-refractivity contribution in [1.29, 1.82) is 0 Å². The first-order valence-electron chi connectivity index (χ1n) is 12.5. The summed E-state index contributed by atoms with van der Waals surface area (Å²) >= 11 is 0. The number of piperazine rings is 1. The van der Waals surface area contributed by atoms with Crippen molar-refractivity contribution in [2.75, 3.05) is 51.2 Å². The van der Waals surface area contributed by atoms with E-state index < -0.39 is 6.36 Å². The SMILES string of the molecule is CCCN1CCN(c2cc(C)c3c(c2)CN(Cc2ccc(OC(F)(F)F)cc2)C3=O)CC1.CCNC. The Morgan fingerprint density at radius 1 is 1.03 bits per heavy atom. The van der Waals surface area contributed by atoms with Crippen LogP contribution in [-0.2, 0) is 13.1 Å². The van der Waals surface area contributed by atoms with Crippen molar-refractivity contribution in [2.45, 2.75) is 46.6 Å². The highest BCUT2D eigenvalue weighted by atomic mass is 19.4. The average Bonchev–Trinajstić information content (AvgIpc) is 3.15. The smallest absolute Gasteiger partial charge is 0.406 e. The Balaban J connectivity index is 0.000000840. The summed E-state index contributed by atoms with van der Waals surface area (Å²) in [4.78, 5) is 19.6. The van der Waals surface area contributed by atoms with Crippen molar-refractivity contribution in [1.82, 2.24) is 15.1 Å². The summed E-state index contributed by atoms with van der Waals surface area (Å²) in [6, 6.07) is 9.89. The molecule has 1 fully saturated rings. The molecule has 0 atom stereocenters. The molecule has 2 aliphatic heterocycles. The second-order valence-corrected chi connectivity index (χ2v) is 9.19. The Kier molecular flexibility index (Phi) is 9.62. The van der Waals surface area contributed by atoms with Gasteiger partial charge in [-0.25, -0.2) is 0 Å². The molecule has 0 saturated carbocycles. The molecule has 198 valence electrons. The number of rotatable bonds is 7. The minimum absolute atomic E-state index is 0.0348. The standard InChI is InChI=1S/C24H28F3N3O2.C3H9N/c1-3-8-28-9-11-29(12-10-28)20-13-17(2)22-19(14-20)16-30(23(22)31)15-18-4-6-21(7-5-18)32-24(25,26)27;1-3-4-2/h4-7,13-14H,3,8-12,15-16H2,1-2H3;4H,3H2,1-2H3. The molecule has 2 aromatic carbocycles. The molecule has 1 N–H and O–H groups in total. The molecule has 4 rings (SSSR count). The van der Waals surface area contributed by atoms with Gasteiger partial charge >= 0.3 is 6.36 Å². The van der Waals surface area contributed by atoms with E-state index in [0.717, 1.165) is 73.6 Å². The van der Waals surface area contributed by atoms with Gasteiger partial charge in [0.1, 0.15) is 5.75 Å². The largest absolute Gasteiger partial charge is 0.573 e. The second-order valence-electron chi connectivity index (χ2n) is 9.19. The van der Waals surface area contributed by atoms with Crippen LogP contribution in [-0.4, -0.2) is 68.4 Å². The van der Waals surface area contributed by atoms with E-state index in [1.807, 2.05) is 14.0 Å². The molecule has 0 bridgehead atoms. The van der Waals surface area contributed by atoms with Gasteiger partial charge in [0, 0.05) is 50.5 Å². The molecule has 2 aliphatic rings. The van der Waals surface area contributed by atoms with Gasteiger partial charge in [0.2, 0.25) is 0 Å². The van der Waals surface area contributed by atoms with Crippen LogP contribution in [0.15, 0.2) is 36.4 Å². The Morgan fingerprint density at radius 3 is 2.22 bits per heavy atom. The van der Waals surface area contributed by atoms with Crippen LogP contribution in [0.5, 0.6) is 5.75 Å². The fraction of sp³-hybridized carbons (Fsp3) is 0.519.